The minimum absolute atomic E-state index is 0.0916. The molecule has 0 saturated heterocycles. The van der Waals surface area contributed by atoms with E-state index < -0.39 is 11.6 Å². The SMILES string of the molecule is Cc1ccc(F)c(-c2cc(Cl)n[nH]c2=S)c1F. The fraction of sp³-hybridized carbons (Fsp3) is 0.0909. The number of aryl methyl sites for hydroxylation is 1. The van der Waals surface area contributed by atoms with Crippen LogP contribution in [0.5, 0.6) is 0 Å². The number of halogens is 3. The summed E-state index contributed by atoms with van der Waals surface area (Å²) < 4.78 is 27.7. The van der Waals surface area contributed by atoms with Gasteiger partial charge in [-0.25, -0.2) is 8.78 Å². The average Bonchev–Trinajstić information content (AvgIpc) is 2.29. The van der Waals surface area contributed by atoms with Crippen LogP contribution < -0.4 is 0 Å². The molecule has 1 aromatic carbocycles. The Bertz CT molecular complexity index is 640. The number of hydrogen-bond donors (Lipinski definition) is 1. The van der Waals surface area contributed by atoms with E-state index in [2.05, 4.69) is 10.2 Å². The monoisotopic (exact) mass is 272 g/mol. The van der Waals surface area contributed by atoms with Crippen LogP contribution in [0.25, 0.3) is 11.1 Å². The molecule has 17 heavy (non-hydrogen) atoms. The predicted molar refractivity (Wildman–Crippen MR) is 64.5 cm³/mol. The summed E-state index contributed by atoms with van der Waals surface area (Å²) in [6, 6.07) is 3.89. The van der Waals surface area contributed by atoms with Gasteiger partial charge in [0, 0.05) is 5.56 Å². The molecule has 0 amide bonds. The second-order valence-electron chi connectivity index (χ2n) is 3.49. The molecule has 88 valence electrons. The van der Waals surface area contributed by atoms with Gasteiger partial charge < -0.3 is 0 Å². The number of aromatic nitrogens is 2. The van der Waals surface area contributed by atoms with Crippen LogP contribution in [0.4, 0.5) is 8.78 Å². The lowest BCUT2D eigenvalue weighted by atomic mass is 10.0. The lowest BCUT2D eigenvalue weighted by Gasteiger charge is -2.07. The van der Waals surface area contributed by atoms with Crippen molar-refractivity contribution >= 4 is 23.8 Å². The van der Waals surface area contributed by atoms with Crippen LogP contribution in [0.2, 0.25) is 5.15 Å². The summed E-state index contributed by atoms with van der Waals surface area (Å²) in [6.45, 7) is 1.55. The first-order valence-corrected chi connectivity index (χ1v) is 5.49. The van der Waals surface area contributed by atoms with Gasteiger partial charge in [0.05, 0.1) is 5.56 Å². The summed E-state index contributed by atoms with van der Waals surface area (Å²) in [4.78, 5) is 0. The van der Waals surface area contributed by atoms with Gasteiger partial charge in [-0.05, 0) is 24.6 Å². The maximum absolute atomic E-state index is 13.9. The van der Waals surface area contributed by atoms with Crippen molar-refractivity contribution in [3.63, 3.8) is 0 Å². The van der Waals surface area contributed by atoms with E-state index in [1.807, 2.05) is 0 Å². The van der Waals surface area contributed by atoms with Crippen LogP contribution in [0, 0.1) is 23.2 Å². The molecule has 1 heterocycles. The molecule has 0 atom stereocenters. The van der Waals surface area contributed by atoms with Crippen LogP contribution in [0.15, 0.2) is 18.2 Å². The van der Waals surface area contributed by atoms with Gasteiger partial charge in [0.2, 0.25) is 0 Å². The second kappa shape index (κ2) is 4.50. The molecule has 1 aromatic heterocycles. The summed E-state index contributed by atoms with van der Waals surface area (Å²) in [7, 11) is 0. The molecule has 0 aliphatic heterocycles. The third-order valence-electron chi connectivity index (χ3n) is 2.33. The van der Waals surface area contributed by atoms with E-state index in [0.29, 0.717) is 5.56 Å². The number of benzene rings is 1. The summed E-state index contributed by atoms with van der Waals surface area (Å²) >= 11 is 10.6. The highest BCUT2D eigenvalue weighted by molar-refractivity contribution is 7.71. The van der Waals surface area contributed by atoms with Gasteiger partial charge in [-0.1, -0.05) is 29.9 Å². The van der Waals surface area contributed by atoms with Crippen molar-refractivity contribution in [1.82, 2.24) is 10.2 Å². The number of nitrogens with one attached hydrogen (secondary N) is 1. The molecule has 2 rings (SSSR count). The topological polar surface area (TPSA) is 28.7 Å². The molecule has 0 spiro atoms. The Morgan fingerprint density at radius 1 is 1.35 bits per heavy atom. The van der Waals surface area contributed by atoms with Gasteiger partial charge in [-0.15, -0.1) is 0 Å². The van der Waals surface area contributed by atoms with Crippen molar-refractivity contribution in [3.8, 4) is 11.1 Å². The first kappa shape index (κ1) is 12.1. The van der Waals surface area contributed by atoms with Crippen molar-refractivity contribution in [2.24, 2.45) is 0 Å². The summed E-state index contributed by atoms with van der Waals surface area (Å²) in [5.41, 5.74) is 0.345. The fourth-order valence-corrected chi connectivity index (χ4v) is 1.83. The van der Waals surface area contributed by atoms with Crippen LogP contribution in [0.3, 0.4) is 0 Å². The second-order valence-corrected chi connectivity index (χ2v) is 4.28. The highest BCUT2D eigenvalue weighted by atomic mass is 35.5. The predicted octanol–water partition coefficient (Wildman–Crippen LogP) is 4.05. The van der Waals surface area contributed by atoms with E-state index in [9.17, 15) is 8.78 Å². The van der Waals surface area contributed by atoms with Crippen molar-refractivity contribution < 1.29 is 8.78 Å². The minimum Gasteiger partial charge on any atom is -0.266 e. The minimum atomic E-state index is -0.685. The zero-order valence-corrected chi connectivity index (χ0v) is 10.3. The van der Waals surface area contributed by atoms with Gasteiger partial charge in [-0.2, -0.15) is 5.10 Å². The van der Waals surface area contributed by atoms with Gasteiger partial charge >= 0.3 is 0 Å². The first-order chi connectivity index (χ1) is 8.00. The Hall–Kier alpha value is -1.33. The zero-order valence-electron chi connectivity index (χ0n) is 8.72. The number of H-pyrrole nitrogens is 1. The molecule has 0 fully saturated rings. The molecular formula is C11H7ClF2N2S. The van der Waals surface area contributed by atoms with Crippen molar-refractivity contribution in [1.29, 1.82) is 0 Å². The number of rotatable bonds is 1. The fourth-order valence-electron chi connectivity index (χ4n) is 1.47. The summed E-state index contributed by atoms with van der Waals surface area (Å²) in [5, 5.41) is 6.17. The van der Waals surface area contributed by atoms with Crippen molar-refractivity contribution in [3.05, 3.63) is 45.2 Å². The highest BCUT2D eigenvalue weighted by Crippen LogP contribution is 2.29. The maximum atomic E-state index is 13.9. The third kappa shape index (κ3) is 2.21. The number of aromatic amines is 1. The number of nitrogens with zero attached hydrogens (tertiary/aromatic N) is 1. The highest BCUT2D eigenvalue weighted by Gasteiger charge is 2.15. The molecule has 0 radical (unpaired) electrons. The largest absolute Gasteiger partial charge is 0.266 e. The number of hydrogen-bond acceptors (Lipinski definition) is 2. The Kier molecular flexibility index (Phi) is 3.22. The van der Waals surface area contributed by atoms with Crippen LogP contribution in [-0.4, -0.2) is 10.2 Å². The third-order valence-corrected chi connectivity index (χ3v) is 2.83. The Morgan fingerprint density at radius 2 is 2.06 bits per heavy atom. The molecule has 0 bridgehead atoms. The van der Waals surface area contributed by atoms with Crippen LogP contribution >= 0.6 is 23.8 Å². The molecule has 2 aromatic rings. The van der Waals surface area contributed by atoms with Gasteiger partial charge in [0.25, 0.3) is 0 Å². The zero-order chi connectivity index (χ0) is 12.6. The van der Waals surface area contributed by atoms with E-state index in [1.165, 1.54) is 18.2 Å². The average molecular weight is 273 g/mol. The van der Waals surface area contributed by atoms with E-state index in [4.69, 9.17) is 23.8 Å². The summed E-state index contributed by atoms with van der Waals surface area (Å²) in [6.07, 6.45) is 0. The normalized spacial score (nSPS) is 10.6. The summed E-state index contributed by atoms with van der Waals surface area (Å²) in [5.74, 6) is -1.33. The smallest absolute Gasteiger partial charge is 0.150 e. The van der Waals surface area contributed by atoms with Gasteiger partial charge in [-0.3, -0.25) is 5.10 Å². The lowest BCUT2D eigenvalue weighted by molar-refractivity contribution is 0.583. The molecule has 0 saturated carbocycles. The molecule has 6 heteroatoms. The Balaban J connectivity index is 2.81. The quantitative estimate of drug-likeness (QED) is 0.794. The van der Waals surface area contributed by atoms with Crippen LogP contribution in [-0.2, 0) is 0 Å². The molecule has 0 aliphatic carbocycles. The van der Waals surface area contributed by atoms with Gasteiger partial charge in [0.1, 0.15) is 21.4 Å². The van der Waals surface area contributed by atoms with Crippen molar-refractivity contribution in [2.45, 2.75) is 6.92 Å². The van der Waals surface area contributed by atoms with E-state index in [0.717, 1.165) is 0 Å². The molecule has 0 unspecified atom stereocenters. The van der Waals surface area contributed by atoms with Gasteiger partial charge in [0.15, 0.2) is 0 Å². The maximum Gasteiger partial charge on any atom is 0.150 e. The molecule has 2 nitrogen and oxygen atoms in total. The van der Waals surface area contributed by atoms with Crippen molar-refractivity contribution in [2.75, 3.05) is 0 Å². The van der Waals surface area contributed by atoms with Crippen LogP contribution in [0.1, 0.15) is 5.56 Å². The molecular weight excluding hydrogens is 266 g/mol. The van der Waals surface area contributed by atoms with E-state index in [1.54, 1.807) is 6.92 Å². The van der Waals surface area contributed by atoms with E-state index in [-0.39, 0.29) is 20.9 Å². The standard InChI is InChI=1S/C11H7ClF2N2S/c1-5-2-3-7(13)9(10(5)14)6-4-8(12)15-16-11(6)17/h2-4H,1H3,(H,16,17). The Morgan fingerprint density at radius 3 is 2.76 bits per heavy atom. The lowest BCUT2D eigenvalue weighted by Crippen LogP contribution is -1.96. The Labute approximate surface area is 106 Å². The molecule has 1 N–H and O–H groups in total. The van der Waals surface area contributed by atoms with E-state index >= 15 is 0 Å². The molecule has 0 aliphatic rings. The first-order valence-electron chi connectivity index (χ1n) is 4.71.